The molecular weight excluding hydrogens is 342 g/mol. The van der Waals surface area contributed by atoms with Crippen molar-refractivity contribution in [1.82, 2.24) is 14.9 Å². The molecule has 2 aromatic heterocycles. The Bertz CT molecular complexity index is 1010. The van der Waals surface area contributed by atoms with Gasteiger partial charge in [0.05, 0.1) is 22.8 Å². The summed E-state index contributed by atoms with van der Waals surface area (Å²) in [6, 6.07) is 8.48. The fourth-order valence-electron chi connectivity index (χ4n) is 3.46. The van der Waals surface area contributed by atoms with E-state index in [2.05, 4.69) is 9.97 Å². The summed E-state index contributed by atoms with van der Waals surface area (Å²) < 4.78 is 0. The van der Waals surface area contributed by atoms with Gasteiger partial charge in [0.15, 0.2) is 0 Å². The minimum Gasteiger partial charge on any atom is -0.478 e. The smallest absolute Gasteiger partial charge is 0.335 e. The molecule has 1 aliphatic heterocycles. The highest BCUT2D eigenvalue weighted by molar-refractivity contribution is 6.01. The van der Waals surface area contributed by atoms with E-state index in [0.29, 0.717) is 11.1 Å². The van der Waals surface area contributed by atoms with E-state index >= 15 is 0 Å². The van der Waals surface area contributed by atoms with Gasteiger partial charge in [-0.15, -0.1) is 0 Å². The number of aromatic carboxylic acids is 1. The van der Waals surface area contributed by atoms with E-state index in [1.807, 2.05) is 11.0 Å². The van der Waals surface area contributed by atoms with E-state index in [1.54, 1.807) is 42.9 Å². The summed E-state index contributed by atoms with van der Waals surface area (Å²) in [5.41, 5.74) is 3.16. The van der Waals surface area contributed by atoms with Gasteiger partial charge in [-0.3, -0.25) is 14.8 Å². The first-order valence-corrected chi connectivity index (χ1v) is 9.00. The number of carboxylic acids is 1. The predicted octanol–water partition coefficient (Wildman–Crippen LogP) is 3.62. The molecular formula is C21H19N3O3. The van der Waals surface area contributed by atoms with Gasteiger partial charge in [0.1, 0.15) is 0 Å². The maximum Gasteiger partial charge on any atom is 0.335 e. The zero-order valence-electron chi connectivity index (χ0n) is 14.8. The van der Waals surface area contributed by atoms with Crippen molar-refractivity contribution in [2.24, 2.45) is 0 Å². The molecule has 1 N–H and O–H groups in total. The minimum atomic E-state index is -0.964. The molecule has 0 bridgehead atoms. The van der Waals surface area contributed by atoms with Crippen molar-refractivity contribution in [3.05, 3.63) is 60.0 Å². The van der Waals surface area contributed by atoms with Crippen molar-refractivity contribution in [1.29, 1.82) is 0 Å². The molecule has 0 unspecified atom stereocenters. The number of amides is 1. The summed E-state index contributed by atoms with van der Waals surface area (Å²) in [5.74, 6) is -0.957. The fraction of sp³-hybridized carbons (Fsp3) is 0.238. The number of pyridine rings is 2. The van der Waals surface area contributed by atoms with Crippen LogP contribution in [0.3, 0.4) is 0 Å². The molecule has 1 aromatic carbocycles. The number of piperidine rings is 1. The molecule has 1 aliphatic rings. The average Bonchev–Trinajstić information content (AvgIpc) is 2.73. The molecule has 0 saturated carbocycles. The quantitative estimate of drug-likeness (QED) is 0.770. The first kappa shape index (κ1) is 17.1. The number of hydrogen-bond donors (Lipinski definition) is 1. The molecule has 27 heavy (non-hydrogen) atoms. The number of likely N-dealkylation sites (tertiary alicyclic amines) is 1. The monoisotopic (exact) mass is 361 g/mol. The van der Waals surface area contributed by atoms with Crippen LogP contribution in [0.1, 0.15) is 40.0 Å². The van der Waals surface area contributed by atoms with Crippen molar-refractivity contribution in [2.75, 3.05) is 13.1 Å². The van der Waals surface area contributed by atoms with Gasteiger partial charge in [-0.2, -0.15) is 0 Å². The van der Waals surface area contributed by atoms with Crippen LogP contribution in [-0.4, -0.2) is 44.9 Å². The molecule has 1 amide bonds. The Morgan fingerprint density at radius 3 is 2.37 bits per heavy atom. The normalized spacial score (nSPS) is 14.3. The highest BCUT2D eigenvalue weighted by atomic mass is 16.4. The molecule has 1 fully saturated rings. The van der Waals surface area contributed by atoms with E-state index < -0.39 is 5.97 Å². The topological polar surface area (TPSA) is 83.4 Å². The van der Waals surface area contributed by atoms with Crippen molar-refractivity contribution < 1.29 is 14.7 Å². The Labute approximate surface area is 156 Å². The Morgan fingerprint density at radius 1 is 0.926 bits per heavy atom. The maximum atomic E-state index is 12.8. The zero-order chi connectivity index (χ0) is 18.8. The number of benzene rings is 1. The standard InChI is InChI=1S/C21H19N3O3/c25-20(24-8-2-1-3-9-24)16-10-17-18(12-22-13-19(17)23-11-16)14-4-6-15(7-5-14)21(26)27/h4-7,10-13H,1-3,8-9H2,(H,26,27). The molecule has 136 valence electrons. The minimum absolute atomic E-state index is 0.00749. The van der Waals surface area contributed by atoms with Crippen LogP contribution in [0.4, 0.5) is 0 Å². The lowest BCUT2D eigenvalue weighted by Gasteiger charge is -2.26. The Morgan fingerprint density at radius 2 is 1.67 bits per heavy atom. The van der Waals surface area contributed by atoms with Crippen LogP contribution in [0.5, 0.6) is 0 Å². The first-order chi connectivity index (χ1) is 13.1. The molecule has 0 spiro atoms. The average molecular weight is 361 g/mol. The summed E-state index contributed by atoms with van der Waals surface area (Å²) in [6.07, 6.45) is 8.24. The van der Waals surface area contributed by atoms with Crippen LogP contribution in [0.15, 0.2) is 48.9 Å². The third-order valence-corrected chi connectivity index (χ3v) is 4.94. The molecule has 0 atom stereocenters. The molecule has 0 radical (unpaired) electrons. The van der Waals surface area contributed by atoms with Crippen LogP contribution < -0.4 is 0 Å². The molecule has 6 heteroatoms. The van der Waals surface area contributed by atoms with Crippen molar-refractivity contribution in [3.8, 4) is 11.1 Å². The number of aromatic nitrogens is 2. The van der Waals surface area contributed by atoms with E-state index in [1.165, 1.54) is 6.42 Å². The molecule has 1 saturated heterocycles. The van der Waals surface area contributed by atoms with E-state index in [4.69, 9.17) is 5.11 Å². The van der Waals surface area contributed by atoms with Gasteiger partial charge in [0, 0.05) is 36.4 Å². The van der Waals surface area contributed by atoms with Crippen LogP contribution >= 0.6 is 0 Å². The number of carboxylic acid groups (broad SMARTS) is 1. The lowest BCUT2D eigenvalue weighted by Crippen LogP contribution is -2.35. The van der Waals surface area contributed by atoms with Crippen molar-refractivity contribution in [2.45, 2.75) is 19.3 Å². The van der Waals surface area contributed by atoms with Gasteiger partial charge in [-0.1, -0.05) is 12.1 Å². The second kappa shape index (κ2) is 7.15. The summed E-state index contributed by atoms with van der Waals surface area (Å²) >= 11 is 0. The predicted molar refractivity (Wildman–Crippen MR) is 102 cm³/mol. The zero-order valence-corrected chi connectivity index (χ0v) is 14.8. The van der Waals surface area contributed by atoms with Gasteiger partial charge >= 0.3 is 5.97 Å². The second-order valence-corrected chi connectivity index (χ2v) is 6.71. The Balaban J connectivity index is 1.75. The van der Waals surface area contributed by atoms with Crippen molar-refractivity contribution in [3.63, 3.8) is 0 Å². The third kappa shape index (κ3) is 3.38. The summed E-state index contributed by atoms with van der Waals surface area (Å²) in [4.78, 5) is 34.4. The Kier molecular flexibility index (Phi) is 4.54. The van der Waals surface area contributed by atoms with Gasteiger partial charge in [0.25, 0.3) is 5.91 Å². The summed E-state index contributed by atoms with van der Waals surface area (Å²) in [7, 11) is 0. The van der Waals surface area contributed by atoms with E-state index in [0.717, 1.165) is 42.4 Å². The number of carbonyl (C=O) groups excluding carboxylic acids is 1. The number of rotatable bonds is 3. The lowest BCUT2D eigenvalue weighted by molar-refractivity contribution is 0.0694. The molecule has 3 heterocycles. The highest BCUT2D eigenvalue weighted by Crippen LogP contribution is 2.28. The maximum absolute atomic E-state index is 12.8. The van der Waals surface area contributed by atoms with Gasteiger partial charge < -0.3 is 10.0 Å². The number of hydrogen-bond acceptors (Lipinski definition) is 4. The fourth-order valence-corrected chi connectivity index (χ4v) is 3.46. The van der Waals surface area contributed by atoms with Crippen molar-refractivity contribution >= 4 is 22.8 Å². The van der Waals surface area contributed by atoms with Gasteiger partial charge in [0.2, 0.25) is 0 Å². The largest absolute Gasteiger partial charge is 0.478 e. The van der Waals surface area contributed by atoms with Gasteiger partial charge in [-0.25, -0.2) is 4.79 Å². The van der Waals surface area contributed by atoms with Crippen LogP contribution in [0.25, 0.3) is 22.0 Å². The number of carbonyl (C=O) groups is 2. The van der Waals surface area contributed by atoms with Gasteiger partial charge in [-0.05, 0) is 43.0 Å². The van der Waals surface area contributed by atoms with E-state index in [9.17, 15) is 9.59 Å². The number of fused-ring (bicyclic) bond motifs is 1. The summed E-state index contributed by atoms with van der Waals surface area (Å²) in [5, 5.41) is 9.90. The lowest BCUT2D eigenvalue weighted by atomic mass is 10.0. The molecule has 3 aromatic rings. The second-order valence-electron chi connectivity index (χ2n) is 6.71. The van der Waals surface area contributed by atoms with Crippen LogP contribution in [0.2, 0.25) is 0 Å². The van der Waals surface area contributed by atoms with E-state index in [-0.39, 0.29) is 11.5 Å². The molecule has 4 rings (SSSR count). The SMILES string of the molecule is O=C(O)c1ccc(-c2cncc3ncc(C(=O)N4CCCCC4)cc23)cc1. The summed E-state index contributed by atoms with van der Waals surface area (Å²) in [6.45, 7) is 1.58. The van der Waals surface area contributed by atoms with Crippen LogP contribution in [0, 0.1) is 0 Å². The highest BCUT2D eigenvalue weighted by Gasteiger charge is 2.19. The molecule has 6 nitrogen and oxygen atoms in total. The first-order valence-electron chi connectivity index (χ1n) is 9.00. The number of nitrogens with zero attached hydrogens (tertiary/aromatic N) is 3. The molecule has 0 aliphatic carbocycles. The third-order valence-electron chi connectivity index (χ3n) is 4.94. The Hall–Kier alpha value is -3.28. The van der Waals surface area contributed by atoms with Crippen LogP contribution in [-0.2, 0) is 0 Å².